The van der Waals surface area contributed by atoms with Gasteiger partial charge in [0.25, 0.3) is 0 Å². The highest BCUT2D eigenvalue weighted by atomic mass is 16.5. The zero-order valence-corrected chi connectivity index (χ0v) is 16.6. The van der Waals surface area contributed by atoms with Crippen molar-refractivity contribution in [3.8, 4) is 11.5 Å². The van der Waals surface area contributed by atoms with Gasteiger partial charge in [-0.2, -0.15) is 0 Å². The molecule has 0 atom stereocenters. The van der Waals surface area contributed by atoms with Crippen LogP contribution < -0.4 is 9.47 Å². The van der Waals surface area contributed by atoms with E-state index in [1.807, 2.05) is 85.8 Å². The standard InChI is InChI=1S/C25H25NO2/c1-4-21(18-27-24-12-8-9-20(3)17-24)25(28-23-10-6-5-7-11-23)26-22-15-13-19(2)14-16-22/h5-18H,4H2,1-3H3. The lowest BCUT2D eigenvalue weighted by Gasteiger charge is -2.12. The first-order valence-corrected chi connectivity index (χ1v) is 9.45. The van der Waals surface area contributed by atoms with Crippen LogP contribution in [0.15, 0.2) is 95.7 Å². The van der Waals surface area contributed by atoms with Crippen LogP contribution in [0, 0.1) is 13.8 Å². The third-order valence-electron chi connectivity index (χ3n) is 4.20. The Morgan fingerprint density at radius 1 is 0.821 bits per heavy atom. The van der Waals surface area contributed by atoms with Crippen molar-refractivity contribution in [1.82, 2.24) is 0 Å². The molecule has 3 nitrogen and oxygen atoms in total. The number of hydrogen-bond donors (Lipinski definition) is 0. The third-order valence-corrected chi connectivity index (χ3v) is 4.20. The molecule has 0 amide bonds. The molecule has 3 aromatic rings. The maximum Gasteiger partial charge on any atom is 0.226 e. The first-order valence-electron chi connectivity index (χ1n) is 9.45. The van der Waals surface area contributed by atoms with Gasteiger partial charge in [0, 0.05) is 5.57 Å². The fourth-order valence-electron chi connectivity index (χ4n) is 2.61. The average Bonchev–Trinajstić information content (AvgIpc) is 2.71. The van der Waals surface area contributed by atoms with E-state index < -0.39 is 0 Å². The summed E-state index contributed by atoms with van der Waals surface area (Å²) in [6.45, 7) is 6.16. The van der Waals surface area contributed by atoms with E-state index in [4.69, 9.17) is 14.5 Å². The Balaban J connectivity index is 1.92. The molecular weight excluding hydrogens is 346 g/mol. The molecule has 0 unspecified atom stereocenters. The van der Waals surface area contributed by atoms with Crippen LogP contribution in [-0.2, 0) is 0 Å². The third kappa shape index (κ3) is 5.58. The molecule has 0 heterocycles. The van der Waals surface area contributed by atoms with Crippen LogP contribution in [-0.4, -0.2) is 5.90 Å². The number of ether oxygens (including phenoxy) is 2. The molecule has 0 saturated carbocycles. The molecule has 0 radical (unpaired) electrons. The van der Waals surface area contributed by atoms with E-state index in [2.05, 4.69) is 13.8 Å². The van der Waals surface area contributed by atoms with E-state index >= 15 is 0 Å². The van der Waals surface area contributed by atoms with E-state index in [-0.39, 0.29) is 0 Å². The van der Waals surface area contributed by atoms with Crippen molar-refractivity contribution in [2.45, 2.75) is 27.2 Å². The molecule has 3 rings (SSSR count). The van der Waals surface area contributed by atoms with Crippen LogP contribution in [0.5, 0.6) is 11.5 Å². The highest BCUT2D eigenvalue weighted by Crippen LogP contribution is 2.20. The second-order valence-corrected chi connectivity index (χ2v) is 6.60. The van der Waals surface area contributed by atoms with Gasteiger partial charge in [-0.25, -0.2) is 4.99 Å². The van der Waals surface area contributed by atoms with Gasteiger partial charge in [0.15, 0.2) is 0 Å². The van der Waals surface area contributed by atoms with Gasteiger partial charge in [-0.05, 0) is 62.2 Å². The topological polar surface area (TPSA) is 30.8 Å². The summed E-state index contributed by atoms with van der Waals surface area (Å²) in [6, 6.07) is 25.7. The van der Waals surface area contributed by atoms with Crippen molar-refractivity contribution in [1.29, 1.82) is 0 Å². The predicted molar refractivity (Wildman–Crippen MR) is 116 cm³/mol. The van der Waals surface area contributed by atoms with Gasteiger partial charge in [0.1, 0.15) is 11.5 Å². The van der Waals surface area contributed by atoms with Crippen molar-refractivity contribution >= 4 is 11.6 Å². The largest absolute Gasteiger partial charge is 0.465 e. The monoisotopic (exact) mass is 371 g/mol. The van der Waals surface area contributed by atoms with Crippen molar-refractivity contribution in [2.75, 3.05) is 0 Å². The summed E-state index contributed by atoms with van der Waals surface area (Å²) >= 11 is 0. The minimum atomic E-state index is 0.533. The highest BCUT2D eigenvalue weighted by Gasteiger charge is 2.10. The Bertz CT molecular complexity index is 957. The molecule has 28 heavy (non-hydrogen) atoms. The van der Waals surface area contributed by atoms with Crippen molar-refractivity contribution in [3.63, 3.8) is 0 Å². The zero-order valence-electron chi connectivity index (χ0n) is 16.6. The fraction of sp³-hybridized carbons (Fsp3) is 0.160. The fourth-order valence-corrected chi connectivity index (χ4v) is 2.61. The maximum absolute atomic E-state index is 6.12. The molecule has 0 N–H and O–H groups in total. The van der Waals surface area contributed by atoms with Gasteiger partial charge >= 0.3 is 0 Å². The summed E-state index contributed by atoms with van der Waals surface area (Å²) < 4.78 is 12.0. The molecule has 3 aromatic carbocycles. The summed E-state index contributed by atoms with van der Waals surface area (Å²) in [7, 11) is 0. The normalized spacial score (nSPS) is 12.0. The molecule has 0 aliphatic rings. The van der Waals surface area contributed by atoms with Gasteiger partial charge in [0.2, 0.25) is 5.90 Å². The lowest BCUT2D eigenvalue weighted by atomic mass is 10.2. The van der Waals surface area contributed by atoms with Crippen molar-refractivity contribution < 1.29 is 9.47 Å². The van der Waals surface area contributed by atoms with Crippen molar-refractivity contribution in [3.05, 3.63) is 102 Å². The summed E-state index contributed by atoms with van der Waals surface area (Å²) in [6.07, 6.45) is 2.45. The van der Waals surface area contributed by atoms with Gasteiger partial charge in [0.05, 0.1) is 11.9 Å². The van der Waals surface area contributed by atoms with E-state index in [1.165, 1.54) is 5.56 Å². The van der Waals surface area contributed by atoms with E-state index in [1.54, 1.807) is 6.26 Å². The minimum absolute atomic E-state index is 0.533. The Kier molecular flexibility index (Phi) is 6.64. The van der Waals surface area contributed by atoms with Crippen LogP contribution in [0.25, 0.3) is 0 Å². The van der Waals surface area contributed by atoms with Crippen molar-refractivity contribution in [2.24, 2.45) is 4.99 Å². The number of hydrogen-bond acceptors (Lipinski definition) is 3. The second kappa shape index (κ2) is 9.56. The Labute approximate surface area is 167 Å². The van der Waals surface area contributed by atoms with Crippen LogP contribution in [0.4, 0.5) is 5.69 Å². The summed E-state index contributed by atoms with van der Waals surface area (Å²) in [5, 5.41) is 0. The Morgan fingerprint density at radius 2 is 1.54 bits per heavy atom. The number of nitrogens with zero attached hydrogens (tertiary/aromatic N) is 1. The number of aryl methyl sites for hydroxylation is 2. The quantitative estimate of drug-likeness (QED) is 0.271. The summed E-state index contributed by atoms with van der Waals surface area (Å²) in [4.78, 5) is 4.74. The first-order chi connectivity index (χ1) is 13.6. The van der Waals surface area contributed by atoms with Crippen LogP contribution >= 0.6 is 0 Å². The number of aliphatic imine (C=N–C) groups is 1. The average molecular weight is 371 g/mol. The number of rotatable bonds is 6. The molecule has 142 valence electrons. The zero-order chi connectivity index (χ0) is 19.8. The predicted octanol–water partition coefficient (Wildman–Crippen LogP) is 6.79. The van der Waals surface area contributed by atoms with Gasteiger partial charge in [-0.15, -0.1) is 0 Å². The smallest absolute Gasteiger partial charge is 0.226 e. The molecule has 3 heteroatoms. The SMILES string of the molecule is CCC(=COc1cccc(C)c1)C(=Nc1ccc(C)cc1)Oc1ccccc1. The molecular formula is C25H25NO2. The summed E-state index contributed by atoms with van der Waals surface area (Å²) in [5.74, 6) is 2.06. The molecule has 0 aliphatic carbocycles. The van der Waals surface area contributed by atoms with E-state index in [9.17, 15) is 0 Å². The van der Waals surface area contributed by atoms with E-state index in [0.29, 0.717) is 5.90 Å². The number of para-hydroxylation sites is 1. The van der Waals surface area contributed by atoms with Gasteiger partial charge in [-0.1, -0.05) is 55.0 Å². The van der Waals surface area contributed by atoms with Crippen LogP contribution in [0.2, 0.25) is 0 Å². The molecule has 0 saturated heterocycles. The molecule has 0 bridgehead atoms. The van der Waals surface area contributed by atoms with Gasteiger partial charge < -0.3 is 9.47 Å². The maximum atomic E-state index is 6.12. The highest BCUT2D eigenvalue weighted by molar-refractivity contribution is 5.96. The first kappa shape index (κ1) is 19.4. The van der Waals surface area contributed by atoms with Gasteiger partial charge in [-0.3, -0.25) is 0 Å². The molecule has 0 spiro atoms. The molecule has 0 aliphatic heterocycles. The summed E-state index contributed by atoms with van der Waals surface area (Å²) in [5.41, 5.74) is 4.06. The lowest BCUT2D eigenvalue weighted by Crippen LogP contribution is -2.12. The Morgan fingerprint density at radius 3 is 2.21 bits per heavy atom. The minimum Gasteiger partial charge on any atom is -0.465 e. The second-order valence-electron chi connectivity index (χ2n) is 6.60. The van der Waals surface area contributed by atoms with Crippen LogP contribution in [0.1, 0.15) is 24.5 Å². The van der Waals surface area contributed by atoms with E-state index in [0.717, 1.165) is 34.7 Å². The molecule has 0 aromatic heterocycles. The molecule has 0 fully saturated rings. The van der Waals surface area contributed by atoms with Crippen LogP contribution in [0.3, 0.4) is 0 Å². The Hall–Kier alpha value is -3.33. The lowest BCUT2D eigenvalue weighted by molar-refractivity contribution is 0.471. The number of benzene rings is 3.